The molecule has 0 aliphatic heterocycles. The zero-order chi connectivity index (χ0) is 15.8. The maximum Gasteiger partial charge on any atom is 0.224 e. The molecule has 0 aliphatic rings. The zero-order valence-electron chi connectivity index (χ0n) is 13.0. The Morgan fingerprint density at radius 2 is 1.95 bits per heavy atom. The molecule has 0 spiro atoms. The third-order valence-corrected chi connectivity index (χ3v) is 3.13. The SMILES string of the molecule is COCCCC(=O)Nc1ccccc1Oc1cccc(C)c1. The van der Waals surface area contributed by atoms with Crippen LogP contribution in [0.4, 0.5) is 5.69 Å². The van der Waals surface area contributed by atoms with Gasteiger partial charge in [0.25, 0.3) is 0 Å². The van der Waals surface area contributed by atoms with E-state index >= 15 is 0 Å². The average Bonchev–Trinajstić information content (AvgIpc) is 2.50. The number of hydrogen-bond acceptors (Lipinski definition) is 3. The van der Waals surface area contributed by atoms with E-state index in [1.807, 2.05) is 55.5 Å². The molecule has 2 aromatic carbocycles. The molecule has 116 valence electrons. The molecule has 0 fully saturated rings. The van der Waals surface area contributed by atoms with Gasteiger partial charge in [0.15, 0.2) is 5.75 Å². The maximum atomic E-state index is 11.9. The van der Waals surface area contributed by atoms with Crippen molar-refractivity contribution in [1.29, 1.82) is 0 Å². The van der Waals surface area contributed by atoms with E-state index in [4.69, 9.17) is 9.47 Å². The van der Waals surface area contributed by atoms with Crippen LogP contribution in [0, 0.1) is 6.92 Å². The van der Waals surface area contributed by atoms with Gasteiger partial charge in [0.1, 0.15) is 5.75 Å². The van der Waals surface area contributed by atoms with Crippen LogP contribution in [0.1, 0.15) is 18.4 Å². The Kier molecular flexibility index (Phi) is 5.98. The van der Waals surface area contributed by atoms with E-state index in [-0.39, 0.29) is 5.91 Å². The summed E-state index contributed by atoms with van der Waals surface area (Å²) in [6.45, 7) is 2.59. The summed E-state index contributed by atoms with van der Waals surface area (Å²) in [5.74, 6) is 1.34. The van der Waals surface area contributed by atoms with Gasteiger partial charge in [-0.05, 0) is 43.2 Å². The largest absolute Gasteiger partial charge is 0.455 e. The average molecular weight is 299 g/mol. The van der Waals surface area contributed by atoms with Gasteiger partial charge in [-0.25, -0.2) is 0 Å². The topological polar surface area (TPSA) is 47.6 Å². The van der Waals surface area contributed by atoms with E-state index < -0.39 is 0 Å². The fourth-order valence-electron chi connectivity index (χ4n) is 2.05. The third kappa shape index (κ3) is 4.90. The molecule has 0 radical (unpaired) electrons. The summed E-state index contributed by atoms with van der Waals surface area (Å²) in [5.41, 5.74) is 1.80. The first-order valence-electron chi connectivity index (χ1n) is 7.31. The monoisotopic (exact) mass is 299 g/mol. The Morgan fingerprint density at radius 1 is 1.14 bits per heavy atom. The van der Waals surface area contributed by atoms with Crippen molar-refractivity contribution in [2.45, 2.75) is 19.8 Å². The lowest BCUT2D eigenvalue weighted by Crippen LogP contribution is -2.12. The van der Waals surface area contributed by atoms with E-state index in [0.29, 0.717) is 30.9 Å². The first-order valence-corrected chi connectivity index (χ1v) is 7.31. The summed E-state index contributed by atoms with van der Waals surface area (Å²) in [6, 6.07) is 15.2. The second-order valence-corrected chi connectivity index (χ2v) is 5.06. The second kappa shape index (κ2) is 8.20. The van der Waals surface area contributed by atoms with Crippen molar-refractivity contribution in [2.24, 2.45) is 0 Å². The second-order valence-electron chi connectivity index (χ2n) is 5.06. The van der Waals surface area contributed by atoms with Crippen molar-refractivity contribution in [3.63, 3.8) is 0 Å². The first-order chi connectivity index (χ1) is 10.7. The Balaban J connectivity index is 2.05. The molecule has 1 amide bonds. The Labute approximate surface area is 131 Å². The predicted octanol–water partition coefficient (Wildman–Crippen LogP) is 4.15. The molecule has 2 rings (SSSR count). The summed E-state index contributed by atoms with van der Waals surface area (Å²) < 4.78 is 10.8. The summed E-state index contributed by atoms with van der Waals surface area (Å²) >= 11 is 0. The van der Waals surface area contributed by atoms with Crippen molar-refractivity contribution >= 4 is 11.6 Å². The molecule has 2 aromatic rings. The minimum absolute atomic E-state index is 0.0441. The number of aryl methyl sites for hydroxylation is 1. The molecule has 22 heavy (non-hydrogen) atoms. The van der Waals surface area contributed by atoms with Crippen LogP contribution >= 0.6 is 0 Å². The van der Waals surface area contributed by atoms with Gasteiger partial charge in [0.2, 0.25) is 5.91 Å². The van der Waals surface area contributed by atoms with Gasteiger partial charge >= 0.3 is 0 Å². The van der Waals surface area contributed by atoms with Crippen LogP contribution in [0.5, 0.6) is 11.5 Å². The van der Waals surface area contributed by atoms with Crippen LogP contribution in [0.3, 0.4) is 0 Å². The predicted molar refractivity (Wildman–Crippen MR) is 87.4 cm³/mol. The highest BCUT2D eigenvalue weighted by Crippen LogP contribution is 2.29. The summed E-state index contributed by atoms with van der Waals surface area (Å²) in [5, 5.41) is 2.88. The number of carbonyl (C=O) groups is 1. The number of hydrogen-bond donors (Lipinski definition) is 1. The molecule has 0 aliphatic carbocycles. The van der Waals surface area contributed by atoms with Gasteiger partial charge in [0, 0.05) is 20.1 Å². The van der Waals surface area contributed by atoms with Crippen molar-refractivity contribution in [3.8, 4) is 11.5 Å². The van der Waals surface area contributed by atoms with Gasteiger partial charge in [0.05, 0.1) is 5.69 Å². The molecule has 4 nitrogen and oxygen atoms in total. The molecular weight excluding hydrogens is 278 g/mol. The van der Waals surface area contributed by atoms with Gasteiger partial charge < -0.3 is 14.8 Å². The lowest BCUT2D eigenvalue weighted by molar-refractivity contribution is -0.116. The molecule has 0 aromatic heterocycles. The summed E-state index contributed by atoms with van der Waals surface area (Å²) in [6.07, 6.45) is 1.12. The molecule has 0 atom stereocenters. The Hall–Kier alpha value is -2.33. The molecule has 0 bridgehead atoms. The van der Waals surface area contributed by atoms with Crippen LogP contribution in [0.2, 0.25) is 0 Å². The number of ether oxygens (including phenoxy) is 2. The molecule has 0 saturated heterocycles. The highest BCUT2D eigenvalue weighted by molar-refractivity contribution is 5.92. The number of rotatable bonds is 7. The van der Waals surface area contributed by atoms with Crippen LogP contribution < -0.4 is 10.1 Å². The lowest BCUT2D eigenvalue weighted by atomic mass is 10.2. The molecule has 1 N–H and O–H groups in total. The van der Waals surface area contributed by atoms with E-state index in [1.165, 1.54) is 0 Å². The van der Waals surface area contributed by atoms with Gasteiger partial charge in [-0.3, -0.25) is 4.79 Å². The highest BCUT2D eigenvalue weighted by Gasteiger charge is 2.08. The zero-order valence-corrected chi connectivity index (χ0v) is 13.0. The number of amides is 1. The molecule has 4 heteroatoms. The standard InChI is InChI=1S/C18H21NO3/c1-14-7-5-8-15(13-14)22-17-10-4-3-9-16(17)19-18(20)11-6-12-21-2/h3-5,7-10,13H,6,11-12H2,1-2H3,(H,19,20). The van der Waals surface area contributed by atoms with E-state index in [2.05, 4.69) is 5.32 Å². The normalized spacial score (nSPS) is 10.3. The van der Waals surface area contributed by atoms with Crippen molar-refractivity contribution in [1.82, 2.24) is 0 Å². The van der Waals surface area contributed by atoms with E-state index in [0.717, 1.165) is 11.3 Å². The van der Waals surface area contributed by atoms with Crippen LogP contribution in [-0.4, -0.2) is 19.6 Å². The fourth-order valence-corrected chi connectivity index (χ4v) is 2.05. The van der Waals surface area contributed by atoms with Crippen LogP contribution in [-0.2, 0) is 9.53 Å². The van der Waals surface area contributed by atoms with Crippen LogP contribution in [0.25, 0.3) is 0 Å². The number of para-hydroxylation sites is 2. The van der Waals surface area contributed by atoms with Crippen molar-refractivity contribution in [3.05, 3.63) is 54.1 Å². The lowest BCUT2D eigenvalue weighted by Gasteiger charge is -2.12. The first kappa shape index (κ1) is 16.0. The number of anilines is 1. The Bertz CT molecular complexity index is 625. The third-order valence-electron chi connectivity index (χ3n) is 3.13. The van der Waals surface area contributed by atoms with E-state index in [1.54, 1.807) is 7.11 Å². The summed E-state index contributed by atoms with van der Waals surface area (Å²) in [4.78, 5) is 11.9. The van der Waals surface area contributed by atoms with Crippen molar-refractivity contribution in [2.75, 3.05) is 19.0 Å². The number of methoxy groups -OCH3 is 1. The molecule has 0 unspecified atom stereocenters. The van der Waals surface area contributed by atoms with Crippen molar-refractivity contribution < 1.29 is 14.3 Å². The van der Waals surface area contributed by atoms with Gasteiger partial charge in [-0.2, -0.15) is 0 Å². The number of carbonyl (C=O) groups excluding carboxylic acids is 1. The highest BCUT2D eigenvalue weighted by atomic mass is 16.5. The smallest absolute Gasteiger partial charge is 0.224 e. The number of benzene rings is 2. The minimum atomic E-state index is -0.0441. The van der Waals surface area contributed by atoms with E-state index in [9.17, 15) is 4.79 Å². The number of nitrogens with one attached hydrogen (secondary N) is 1. The minimum Gasteiger partial charge on any atom is -0.455 e. The maximum absolute atomic E-state index is 11.9. The molecule has 0 saturated carbocycles. The van der Waals surface area contributed by atoms with Gasteiger partial charge in [-0.1, -0.05) is 24.3 Å². The Morgan fingerprint density at radius 3 is 2.73 bits per heavy atom. The molecule has 0 heterocycles. The summed E-state index contributed by atoms with van der Waals surface area (Å²) in [7, 11) is 1.63. The van der Waals surface area contributed by atoms with Crippen LogP contribution in [0.15, 0.2) is 48.5 Å². The molecular formula is C18H21NO3. The quantitative estimate of drug-likeness (QED) is 0.781. The fraction of sp³-hybridized carbons (Fsp3) is 0.278. The van der Waals surface area contributed by atoms with Gasteiger partial charge in [-0.15, -0.1) is 0 Å².